The van der Waals surface area contributed by atoms with E-state index in [-0.39, 0.29) is 50.0 Å². The van der Waals surface area contributed by atoms with Crippen molar-refractivity contribution in [2.75, 3.05) is 64.3 Å². The van der Waals surface area contributed by atoms with Gasteiger partial charge in [0.2, 0.25) is 11.8 Å². The van der Waals surface area contributed by atoms with E-state index in [1.165, 1.54) is 42.1 Å². The summed E-state index contributed by atoms with van der Waals surface area (Å²) >= 11 is 12.9. The zero-order valence-corrected chi connectivity index (χ0v) is 55.5. The number of halogens is 6. The van der Waals surface area contributed by atoms with Gasteiger partial charge in [0.1, 0.15) is 50.7 Å². The molecule has 20 nitrogen and oxygen atoms in total. The molecule has 500 valence electrons. The van der Waals surface area contributed by atoms with E-state index >= 15 is 4.39 Å². The summed E-state index contributed by atoms with van der Waals surface area (Å²) in [6, 6.07) is 24.1. The zero-order chi connectivity index (χ0) is 69.4. The molecule has 3 aliphatic heterocycles. The fourth-order valence-corrected chi connectivity index (χ4v) is 13.1. The van der Waals surface area contributed by atoms with E-state index in [4.69, 9.17) is 42.1 Å². The highest BCUT2D eigenvalue weighted by Gasteiger charge is 2.37. The molecule has 0 unspecified atom stereocenters. The number of urea groups is 1. The third-order valence-electron chi connectivity index (χ3n) is 14.1. The van der Waals surface area contributed by atoms with Gasteiger partial charge in [-0.2, -0.15) is 0 Å². The van der Waals surface area contributed by atoms with E-state index in [0.717, 1.165) is 46.9 Å². The number of nitrogens with zero attached hydrogens (tertiary/aromatic N) is 5. The molecule has 0 saturated carbocycles. The van der Waals surface area contributed by atoms with Crippen LogP contribution in [0.5, 0.6) is 11.5 Å². The summed E-state index contributed by atoms with van der Waals surface area (Å²) < 4.78 is 138. The molecule has 0 N–H and O–H groups in total. The highest BCUT2D eigenvalue weighted by molar-refractivity contribution is 7.93. The monoisotopic (exact) mass is 1380 g/mol. The van der Waals surface area contributed by atoms with Crippen molar-refractivity contribution in [2.24, 2.45) is 0 Å². The second-order valence-electron chi connectivity index (χ2n) is 23.5. The number of esters is 2. The molecule has 6 aromatic carbocycles. The first kappa shape index (κ1) is 72.6. The molecule has 6 amide bonds. The summed E-state index contributed by atoms with van der Waals surface area (Å²) in [6.45, 7) is 13.7. The topological polar surface area (TPSA) is 241 Å². The Morgan fingerprint density at radius 3 is 1.41 bits per heavy atom. The summed E-state index contributed by atoms with van der Waals surface area (Å²) in [5.41, 5.74) is -1.67. The molecule has 0 aromatic heterocycles. The Labute approximate surface area is 551 Å². The standard InChI is InChI=1S/C31H31ClF2N2O6S.C29H28ClF2NO6S.C6H8N2O3/c1-5-12-36(26-17-22(24(33)18-25(26)34)20-10-7-6-8-11-20)43(39,40)27-16-21(30(38)35-13-9-14-35)15-23(32)29(27)41-19-28(37)42-31(2,3)4;1-29(2,3)39-26(34)16-38-27-22(30)13-19(28(35)33-10-7-11-33)14-25(27)40(36,37)17-20-12-21(24(32)15-23(20)31)18-8-5-4-6-9-18;1-7-4(9)3-5(10)8(2)6(7)11/h5-8,10-11,15-18H,1,9,12-14,19H2,2-4H3;4-6,8-9,12-15H,7,10-11,16-17H2,1-3H3;3H2,1-2H3. The molecule has 0 radical (unpaired) electrons. The maximum atomic E-state index is 15.4. The molecule has 6 aromatic rings. The largest absolute Gasteiger partial charge is 0.479 e. The Bertz CT molecular complexity index is 4140. The number of carbonyl (C=O) groups excluding carboxylic acids is 7. The number of imide groups is 2. The number of likely N-dealkylation sites (tertiary alicyclic amines) is 2. The fraction of sp³-hybridized carbons (Fsp3) is 0.318. The Morgan fingerprint density at radius 1 is 0.585 bits per heavy atom. The third-order valence-corrected chi connectivity index (χ3v) is 18.1. The van der Waals surface area contributed by atoms with Crippen LogP contribution >= 0.6 is 23.2 Å². The predicted molar refractivity (Wildman–Crippen MR) is 341 cm³/mol. The van der Waals surface area contributed by atoms with Crippen molar-refractivity contribution in [3.63, 3.8) is 0 Å². The number of sulfone groups is 1. The number of barbiturate groups is 1. The van der Waals surface area contributed by atoms with Gasteiger partial charge in [-0.1, -0.05) is 89.9 Å². The zero-order valence-electron chi connectivity index (χ0n) is 52.4. The molecule has 9 rings (SSSR count). The van der Waals surface area contributed by atoms with Crippen molar-refractivity contribution >= 4 is 90.3 Å². The predicted octanol–water partition coefficient (Wildman–Crippen LogP) is 11.5. The Hall–Kier alpha value is -8.85. The molecule has 0 aliphatic carbocycles. The van der Waals surface area contributed by atoms with Crippen molar-refractivity contribution < 1.29 is 86.9 Å². The first-order chi connectivity index (χ1) is 44.0. The second-order valence-corrected chi connectivity index (χ2v) is 28.1. The molecular formula is C66H67Cl2F4N5O15S2. The summed E-state index contributed by atoms with van der Waals surface area (Å²) in [4.78, 5) is 87.0. The molecule has 94 heavy (non-hydrogen) atoms. The van der Waals surface area contributed by atoms with Crippen molar-refractivity contribution in [3.05, 3.63) is 172 Å². The quantitative estimate of drug-likeness (QED) is 0.0336. The molecule has 3 heterocycles. The molecule has 3 aliphatic rings. The lowest BCUT2D eigenvalue weighted by molar-refractivity contribution is -0.158. The van der Waals surface area contributed by atoms with Crippen LogP contribution in [0, 0.1) is 23.3 Å². The van der Waals surface area contributed by atoms with Crippen molar-refractivity contribution in [3.8, 4) is 33.8 Å². The minimum Gasteiger partial charge on any atom is -0.479 e. The van der Waals surface area contributed by atoms with Crippen LogP contribution in [0.3, 0.4) is 0 Å². The number of sulfonamides is 1. The van der Waals surface area contributed by atoms with Gasteiger partial charge in [-0.3, -0.25) is 33.3 Å². The van der Waals surface area contributed by atoms with Gasteiger partial charge in [0.25, 0.3) is 21.8 Å². The summed E-state index contributed by atoms with van der Waals surface area (Å²) in [5, 5.41) is -0.491. The van der Waals surface area contributed by atoms with Crippen LogP contribution in [0.2, 0.25) is 10.0 Å². The summed E-state index contributed by atoms with van der Waals surface area (Å²) in [6.07, 6.45) is 2.62. The van der Waals surface area contributed by atoms with Crippen LogP contribution in [0.4, 0.5) is 28.0 Å². The number of benzene rings is 6. The van der Waals surface area contributed by atoms with Gasteiger partial charge in [-0.05, 0) is 102 Å². The number of hydrogen-bond acceptors (Lipinski definition) is 15. The van der Waals surface area contributed by atoms with Crippen LogP contribution in [0.25, 0.3) is 22.3 Å². The van der Waals surface area contributed by atoms with E-state index in [1.807, 2.05) is 0 Å². The summed E-state index contributed by atoms with van der Waals surface area (Å²) in [5.74, 6) is -9.01. The van der Waals surface area contributed by atoms with Crippen LogP contribution in [-0.2, 0) is 54.3 Å². The highest BCUT2D eigenvalue weighted by atomic mass is 35.5. The van der Waals surface area contributed by atoms with Crippen molar-refractivity contribution in [1.29, 1.82) is 0 Å². The Morgan fingerprint density at radius 2 is 1.00 bits per heavy atom. The molecule has 28 heteroatoms. The number of anilines is 1. The average Bonchev–Trinajstić information content (AvgIpc) is 0.761. The van der Waals surface area contributed by atoms with Gasteiger partial charge in [-0.25, -0.2) is 48.8 Å². The van der Waals surface area contributed by atoms with E-state index in [0.29, 0.717) is 53.7 Å². The van der Waals surface area contributed by atoms with E-state index in [2.05, 4.69) is 6.58 Å². The minimum atomic E-state index is -4.79. The fourth-order valence-electron chi connectivity index (χ4n) is 9.25. The second kappa shape index (κ2) is 30.0. The number of ether oxygens (including phenoxy) is 4. The molecule has 0 spiro atoms. The first-order valence-corrected chi connectivity index (χ1v) is 32.8. The number of carbonyl (C=O) groups is 7. The molecule has 0 bridgehead atoms. The highest BCUT2D eigenvalue weighted by Crippen LogP contribution is 2.41. The van der Waals surface area contributed by atoms with Crippen LogP contribution in [-0.4, -0.2) is 149 Å². The van der Waals surface area contributed by atoms with Crippen LogP contribution < -0.4 is 13.8 Å². The summed E-state index contributed by atoms with van der Waals surface area (Å²) in [7, 11) is -6.53. The normalized spacial score (nSPS) is 14.1. The molecule has 3 saturated heterocycles. The Kier molecular flexibility index (Phi) is 23.2. The van der Waals surface area contributed by atoms with Crippen LogP contribution in [0.1, 0.15) is 87.1 Å². The lowest BCUT2D eigenvalue weighted by Crippen LogP contribution is -2.51. The SMILES string of the molecule is C=CCN(c1cc(-c2ccccc2)c(F)cc1F)S(=O)(=O)c1cc(C(=O)N2CCC2)cc(Cl)c1OCC(=O)OC(C)(C)C.CC(C)(C)OC(=O)COc1c(Cl)cc(C(=O)N2CCC2)cc1S(=O)(=O)Cc1cc(-c2ccccc2)c(F)cc1F.CN1C(=O)CC(=O)N(C)C1=O. The minimum absolute atomic E-state index is 0.00237. The molecule has 3 fully saturated rings. The number of hydrogen-bond donors (Lipinski definition) is 0. The van der Waals surface area contributed by atoms with Gasteiger partial charge in [0.05, 0.1) is 28.0 Å². The van der Waals surface area contributed by atoms with Crippen molar-refractivity contribution in [2.45, 2.75) is 87.6 Å². The average molecular weight is 1380 g/mol. The van der Waals surface area contributed by atoms with Crippen LogP contribution in [0.15, 0.2) is 132 Å². The van der Waals surface area contributed by atoms with E-state index in [9.17, 15) is 63.6 Å². The first-order valence-electron chi connectivity index (χ1n) is 29.0. The van der Waals surface area contributed by atoms with Gasteiger partial charge in [0.15, 0.2) is 34.6 Å². The lowest BCUT2D eigenvalue weighted by Gasteiger charge is -2.31. The molecular weight excluding hydrogens is 1310 g/mol. The van der Waals surface area contributed by atoms with Gasteiger partial charge in [0, 0.05) is 80.2 Å². The maximum Gasteiger partial charge on any atom is 0.344 e. The Balaban J connectivity index is 0.000000229. The number of amides is 6. The van der Waals surface area contributed by atoms with E-state index < -0.39 is 143 Å². The molecule has 0 atom stereocenters. The maximum absolute atomic E-state index is 15.4. The van der Waals surface area contributed by atoms with E-state index in [1.54, 1.807) is 102 Å². The smallest absolute Gasteiger partial charge is 0.344 e. The third kappa shape index (κ3) is 17.9. The van der Waals surface area contributed by atoms with Gasteiger partial charge < -0.3 is 28.7 Å². The van der Waals surface area contributed by atoms with Crippen molar-refractivity contribution in [1.82, 2.24) is 19.6 Å². The van der Waals surface area contributed by atoms with Gasteiger partial charge >= 0.3 is 18.0 Å². The van der Waals surface area contributed by atoms with Gasteiger partial charge in [-0.15, -0.1) is 6.58 Å². The number of rotatable bonds is 18. The lowest BCUT2D eigenvalue weighted by atomic mass is 10.0.